The highest BCUT2D eigenvalue weighted by atomic mass is 32.2. The van der Waals surface area contributed by atoms with Crippen molar-refractivity contribution in [2.75, 3.05) is 13.1 Å². The maximum absolute atomic E-state index is 12.5. The molecule has 0 bridgehead atoms. The minimum atomic E-state index is -3.46. The van der Waals surface area contributed by atoms with E-state index in [4.69, 9.17) is 5.73 Å². The summed E-state index contributed by atoms with van der Waals surface area (Å²) in [5.74, 6) is 0. The molecule has 1 aliphatic rings. The highest BCUT2D eigenvalue weighted by Crippen LogP contribution is 2.31. The van der Waals surface area contributed by atoms with Gasteiger partial charge in [-0.1, -0.05) is 13.8 Å². The van der Waals surface area contributed by atoms with Crippen LogP contribution in [-0.2, 0) is 10.0 Å². The van der Waals surface area contributed by atoms with Crippen molar-refractivity contribution in [1.29, 1.82) is 0 Å². The predicted octanol–water partition coefficient (Wildman–Crippen LogP) is 1.14. The molecular formula is C13H21N3O2S. The number of piperidine rings is 1. The van der Waals surface area contributed by atoms with Crippen LogP contribution in [0.15, 0.2) is 23.2 Å². The summed E-state index contributed by atoms with van der Waals surface area (Å²) in [5.41, 5.74) is 6.64. The van der Waals surface area contributed by atoms with Crippen LogP contribution in [0.3, 0.4) is 0 Å². The molecule has 106 valence electrons. The van der Waals surface area contributed by atoms with E-state index in [1.807, 2.05) is 20.8 Å². The van der Waals surface area contributed by atoms with Crippen LogP contribution in [0.25, 0.3) is 0 Å². The van der Waals surface area contributed by atoms with Gasteiger partial charge < -0.3 is 5.73 Å². The van der Waals surface area contributed by atoms with Gasteiger partial charge in [-0.05, 0) is 30.9 Å². The Morgan fingerprint density at radius 3 is 2.63 bits per heavy atom. The Morgan fingerprint density at radius 2 is 2.11 bits per heavy atom. The zero-order chi connectivity index (χ0) is 14.3. The van der Waals surface area contributed by atoms with Crippen molar-refractivity contribution in [2.24, 2.45) is 11.1 Å². The van der Waals surface area contributed by atoms with Crippen molar-refractivity contribution in [1.82, 2.24) is 9.29 Å². The fourth-order valence-electron chi connectivity index (χ4n) is 2.29. The Bertz CT molecular complexity index is 552. The third-order valence-corrected chi connectivity index (χ3v) is 5.63. The second kappa shape index (κ2) is 4.85. The number of rotatable bonds is 2. The van der Waals surface area contributed by atoms with E-state index in [1.54, 1.807) is 12.1 Å². The van der Waals surface area contributed by atoms with Crippen molar-refractivity contribution in [3.8, 4) is 0 Å². The zero-order valence-corrected chi connectivity index (χ0v) is 12.4. The van der Waals surface area contributed by atoms with E-state index in [1.165, 1.54) is 10.5 Å². The molecule has 0 aromatic carbocycles. The number of aromatic nitrogens is 1. The maximum atomic E-state index is 12.5. The first kappa shape index (κ1) is 14.4. The fourth-order valence-corrected chi connectivity index (χ4v) is 3.86. The van der Waals surface area contributed by atoms with Crippen LogP contribution in [0.2, 0.25) is 0 Å². The van der Waals surface area contributed by atoms with Crippen LogP contribution in [-0.4, -0.2) is 36.8 Å². The first-order valence-electron chi connectivity index (χ1n) is 6.42. The van der Waals surface area contributed by atoms with Crippen LogP contribution in [0.1, 0.15) is 26.0 Å². The average molecular weight is 283 g/mol. The summed E-state index contributed by atoms with van der Waals surface area (Å²) in [6, 6.07) is 3.36. The monoisotopic (exact) mass is 283 g/mol. The molecule has 5 nitrogen and oxygen atoms in total. The SMILES string of the molecule is Cc1ccc(S(=O)(=O)N2CCC(N)C(C)(C)C2)cn1. The number of nitrogens with zero attached hydrogens (tertiary/aromatic N) is 2. The van der Waals surface area contributed by atoms with Gasteiger partial charge in [0.05, 0.1) is 0 Å². The van der Waals surface area contributed by atoms with Gasteiger partial charge in [-0.3, -0.25) is 4.98 Å². The Kier molecular flexibility index (Phi) is 3.68. The molecule has 0 spiro atoms. The van der Waals surface area contributed by atoms with Crippen LogP contribution in [0, 0.1) is 12.3 Å². The van der Waals surface area contributed by atoms with Gasteiger partial charge in [-0.15, -0.1) is 0 Å². The molecule has 1 saturated heterocycles. The van der Waals surface area contributed by atoms with Gasteiger partial charge in [-0.25, -0.2) is 8.42 Å². The van der Waals surface area contributed by atoms with Gasteiger partial charge in [0.2, 0.25) is 10.0 Å². The first-order valence-corrected chi connectivity index (χ1v) is 7.86. The molecule has 1 atom stereocenters. The minimum absolute atomic E-state index is 0.0371. The molecule has 1 aliphatic heterocycles. The molecule has 0 amide bonds. The number of sulfonamides is 1. The molecule has 0 saturated carbocycles. The van der Waals surface area contributed by atoms with Crippen molar-refractivity contribution >= 4 is 10.0 Å². The Labute approximate surface area is 114 Å². The molecule has 1 fully saturated rings. The molecule has 19 heavy (non-hydrogen) atoms. The van der Waals surface area contributed by atoms with E-state index in [0.717, 1.165) is 5.69 Å². The van der Waals surface area contributed by atoms with E-state index in [9.17, 15) is 8.42 Å². The second-order valence-corrected chi connectivity index (χ2v) is 7.80. The standard InChI is InChI=1S/C13H21N3O2S/c1-10-4-5-11(8-15-10)19(17,18)16-7-6-12(14)13(2,3)9-16/h4-5,8,12H,6-7,9,14H2,1-3H3. The zero-order valence-electron chi connectivity index (χ0n) is 11.6. The molecule has 1 unspecified atom stereocenters. The lowest BCUT2D eigenvalue weighted by atomic mass is 9.81. The highest BCUT2D eigenvalue weighted by molar-refractivity contribution is 7.89. The van der Waals surface area contributed by atoms with E-state index >= 15 is 0 Å². The smallest absolute Gasteiger partial charge is 0.244 e. The summed E-state index contributed by atoms with van der Waals surface area (Å²) in [7, 11) is -3.46. The number of hydrogen-bond acceptors (Lipinski definition) is 4. The Morgan fingerprint density at radius 1 is 1.42 bits per heavy atom. The lowest BCUT2D eigenvalue weighted by Crippen LogP contribution is -2.53. The quantitative estimate of drug-likeness (QED) is 0.883. The van der Waals surface area contributed by atoms with E-state index in [2.05, 4.69) is 4.98 Å². The second-order valence-electron chi connectivity index (χ2n) is 5.86. The summed E-state index contributed by atoms with van der Waals surface area (Å²) in [5, 5.41) is 0. The fraction of sp³-hybridized carbons (Fsp3) is 0.615. The maximum Gasteiger partial charge on any atom is 0.244 e. The van der Waals surface area contributed by atoms with Gasteiger partial charge >= 0.3 is 0 Å². The Hall–Kier alpha value is -0.980. The van der Waals surface area contributed by atoms with E-state index in [0.29, 0.717) is 19.5 Å². The highest BCUT2D eigenvalue weighted by Gasteiger charge is 2.38. The van der Waals surface area contributed by atoms with Crippen LogP contribution < -0.4 is 5.73 Å². The predicted molar refractivity (Wildman–Crippen MR) is 74.1 cm³/mol. The van der Waals surface area contributed by atoms with Crippen molar-refractivity contribution in [3.63, 3.8) is 0 Å². The number of nitrogens with two attached hydrogens (primary N) is 1. The molecule has 6 heteroatoms. The number of aryl methyl sites for hydroxylation is 1. The molecule has 1 aromatic heterocycles. The largest absolute Gasteiger partial charge is 0.327 e. The van der Waals surface area contributed by atoms with Crippen LogP contribution >= 0.6 is 0 Å². The van der Waals surface area contributed by atoms with Gasteiger partial charge in [-0.2, -0.15) is 4.31 Å². The number of hydrogen-bond donors (Lipinski definition) is 1. The molecule has 2 heterocycles. The van der Waals surface area contributed by atoms with E-state index in [-0.39, 0.29) is 16.4 Å². The van der Waals surface area contributed by atoms with Crippen molar-refractivity contribution in [3.05, 3.63) is 24.0 Å². The third-order valence-electron chi connectivity index (χ3n) is 3.80. The van der Waals surface area contributed by atoms with Gasteiger partial charge in [0.15, 0.2) is 0 Å². The molecule has 2 N–H and O–H groups in total. The van der Waals surface area contributed by atoms with Crippen molar-refractivity contribution < 1.29 is 8.42 Å². The van der Waals surface area contributed by atoms with E-state index < -0.39 is 10.0 Å². The summed E-state index contributed by atoms with van der Waals surface area (Å²) in [6.45, 7) is 6.77. The van der Waals surface area contributed by atoms with Gasteiger partial charge in [0, 0.05) is 31.0 Å². The molecule has 0 radical (unpaired) electrons. The third kappa shape index (κ3) is 2.80. The average Bonchev–Trinajstić information content (AvgIpc) is 2.33. The minimum Gasteiger partial charge on any atom is -0.327 e. The summed E-state index contributed by atoms with van der Waals surface area (Å²) >= 11 is 0. The van der Waals surface area contributed by atoms with Crippen LogP contribution in [0.5, 0.6) is 0 Å². The normalized spacial score (nSPS) is 24.3. The van der Waals surface area contributed by atoms with Gasteiger partial charge in [0.1, 0.15) is 4.90 Å². The summed E-state index contributed by atoms with van der Waals surface area (Å²) in [4.78, 5) is 4.32. The molecule has 1 aromatic rings. The summed E-state index contributed by atoms with van der Waals surface area (Å²) < 4.78 is 26.6. The molecular weight excluding hydrogens is 262 g/mol. The number of pyridine rings is 1. The van der Waals surface area contributed by atoms with Crippen LogP contribution in [0.4, 0.5) is 0 Å². The lowest BCUT2D eigenvalue weighted by Gasteiger charge is -2.41. The first-order chi connectivity index (χ1) is 8.73. The molecule has 0 aliphatic carbocycles. The topological polar surface area (TPSA) is 76.3 Å². The lowest BCUT2D eigenvalue weighted by molar-refractivity contribution is 0.155. The van der Waals surface area contributed by atoms with Gasteiger partial charge in [0.25, 0.3) is 0 Å². The summed E-state index contributed by atoms with van der Waals surface area (Å²) in [6.07, 6.45) is 2.11. The Balaban J connectivity index is 2.28. The molecule has 2 rings (SSSR count). The van der Waals surface area contributed by atoms with Crippen molar-refractivity contribution in [2.45, 2.75) is 38.1 Å².